The summed E-state index contributed by atoms with van der Waals surface area (Å²) in [5.74, 6) is 1.37. The molecule has 0 bridgehead atoms. The summed E-state index contributed by atoms with van der Waals surface area (Å²) in [5, 5.41) is 3.01. The fourth-order valence-electron chi connectivity index (χ4n) is 2.28. The number of nitrogens with one attached hydrogen (secondary N) is 1. The van der Waals surface area contributed by atoms with Gasteiger partial charge in [-0.3, -0.25) is 4.79 Å². The van der Waals surface area contributed by atoms with Crippen molar-refractivity contribution < 1.29 is 4.79 Å². The van der Waals surface area contributed by atoms with Crippen LogP contribution < -0.4 is 11.1 Å². The predicted octanol–water partition coefficient (Wildman–Crippen LogP) is 2.06. The largest absolute Gasteiger partial charge is 0.354 e. The molecule has 1 aliphatic rings. The zero-order valence-electron chi connectivity index (χ0n) is 10.9. The smallest absolute Gasteiger partial charge is 0.239 e. The predicted molar refractivity (Wildman–Crippen MR) is 67.0 cm³/mol. The van der Waals surface area contributed by atoms with Crippen molar-refractivity contribution >= 4 is 5.91 Å². The van der Waals surface area contributed by atoms with Gasteiger partial charge in [0.25, 0.3) is 0 Å². The third-order valence-corrected chi connectivity index (χ3v) is 4.07. The van der Waals surface area contributed by atoms with E-state index >= 15 is 0 Å². The first kappa shape index (κ1) is 13.5. The van der Waals surface area contributed by atoms with Crippen molar-refractivity contribution in [3.05, 3.63) is 0 Å². The molecule has 3 heteroatoms. The van der Waals surface area contributed by atoms with Crippen molar-refractivity contribution in [2.45, 2.75) is 58.4 Å². The van der Waals surface area contributed by atoms with Crippen LogP contribution in [0.3, 0.4) is 0 Å². The third-order valence-electron chi connectivity index (χ3n) is 4.07. The minimum absolute atomic E-state index is 0.00669. The molecule has 0 heterocycles. The maximum atomic E-state index is 11.8. The Labute approximate surface area is 99.2 Å². The second-order valence-electron chi connectivity index (χ2n) is 5.50. The Morgan fingerprint density at radius 2 is 2.06 bits per heavy atom. The van der Waals surface area contributed by atoms with E-state index in [9.17, 15) is 4.79 Å². The third kappa shape index (κ3) is 3.48. The van der Waals surface area contributed by atoms with Crippen LogP contribution in [0, 0.1) is 11.8 Å². The second-order valence-corrected chi connectivity index (χ2v) is 5.50. The molecule has 0 saturated heterocycles. The van der Waals surface area contributed by atoms with Gasteiger partial charge in [0.15, 0.2) is 0 Å². The van der Waals surface area contributed by atoms with Gasteiger partial charge in [-0.1, -0.05) is 33.1 Å². The lowest BCUT2D eigenvalue weighted by molar-refractivity contribution is -0.126. The van der Waals surface area contributed by atoms with Crippen LogP contribution in [-0.4, -0.2) is 18.0 Å². The van der Waals surface area contributed by atoms with Gasteiger partial charge in [0, 0.05) is 6.54 Å². The SMILES string of the molecule is CCC(C)(N)C(=O)NCC1CCCCC1C. The molecule has 3 atom stereocenters. The fourth-order valence-corrected chi connectivity index (χ4v) is 2.28. The highest BCUT2D eigenvalue weighted by atomic mass is 16.2. The summed E-state index contributed by atoms with van der Waals surface area (Å²) < 4.78 is 0. The Kier molecular flexibility index (Phi) is 4.78. The quantitative estimate of drug-likeness (QED) is 0.771. The van der Waals surface area contributed by atoms with E-state index in [0.717, 1.165) is 12.5 Å². The van der Waals surface area contributed by atoms with E-state index in [1.54, 1.807) is 6.92 Å². The van der Waals surface area contributed by atoms with E-state index in [4.69, 9.17) is 5.73 Å². The van der Waals surface area contributed by atoms with Crippen LogP contribution in [0.1, 0.15) is 52.9 Å². The molecular formula is C13H26N2O. The van der Waals surface area contributed by atoms with Gasteiger partial charge in [0.1, 0.15) is 0 Å². The van der Waals surface area contributed by atoms with Crippen LogP contribution >= 0.6 is 0 Å². The van der Waals surface area contributed by atoms with Crippen molar-refractivity contribution in [1.29, 1.82) is 0 Å². The van der Waals surface area contributed by atoms with E-state index < -0.39 is 5.54 Å². The van der Waals surface area contributed by atoms with Crippen LogP contribution in [0.2, 0.25) is 0 Å². The van der Waals surface area contributed by atoms with Gasteiger partial charge in [-0.25, -0.2) is 0 Å². The Bertz CT molecular complexity index is 238. The number of hydrogen-bond donors (Lipinski definition) is 2. The zero-order chi connectivity index (χ0) is 12.2. The molecule has 1 amide bonds. The van der Waals surface area contributed by atoms with E-state index in [0.29, 0.717) is 12.3 Å². The Hall–Kier alpha value is -0.570. The molecule has 0 aliphatic heterocycles. The maximum Gasteiger partial charge on any atom is 0.239 e. The topological polar surface area (TPSA) is 55.1 Å². The van der Waals surface area contributed by atoms with E-state index in [2.05, 4.69) is 12.2 Å². The highest BCUT2D eigenvalue weighted by Crippen LogP contribution is 2.28. The Morgan fingerprint density at radius 1 is 1.44 bits per heavy atom. The molecule has 16 heavy (non-hydrogen) atoms. The first-order chi connectivity index (χ1) is 7.47. The maximum absolute atomic E-state index is 11.8. The van der Waals surface area contributed by atoms with Gasteiger partial charge in [0.2, 0.25) is 5.91 Å². The van der Waals surface area contributed by atoms with Gasteiger partial charge in [-0.2, -0.15) is 0 Å². The normalized spacial score (nSPS) is 29.5. The van der Waals surface area contributed by atoms with Crippen LogP contribution in [0.5, 0.6) is 0 Å². The van der Waals surface area contributed by atoms with Gasteiger partial charge in [0.05, 0.1) is 5.54 Å². The molecule has 1 fully saturated rings. The van der Waals surface area contributed by atoms with Gasteiger partial charge in [-0.05, 0) is 31.6 Å². The average molecular weight is 226 g/mol. The molecule has 3 nitrogen and oxygen atoms in total. The Balaban J connectivity index is 2.36. The Morgan fingerprint density at radius 3 is 2.62 bits per heavy atom. The first-order valence-corrected chi connectivity index (χ1v) is 6.54. The number of hydrogen-bond acceptors (Lipinski definition) is 2. The van der Waals surface area contributed by atoms with E-state index in [-0.39, 0.29) is 5.91 Å². The first-order valence-electron chi connectivity index (χ1n) is 6.54. The van der Waals surface area contributed by atoms with Crippen molar-refractivity contribution in [2.24, 2.45) is 17.6 Å². The summed E-state index contributed by atoms with van der Waals surface area (Å²) in [7, 11) is 0. The lowest BCUT2D eigenvalue weighted by atomic mass is 9.80. The molecule has 0 radical (unpaired) electrons. The number of carbonyl (C=O) groups is 1. The van der Waals surface area contributed by atoms with Crippen molar-refractivity contribution in [2.75, 3.05) is 6.54 Å². The van der Waals surface area contributed by atoms with Crippen LogP contribution in [0.15, 0.2) is 0 Å². The minimum Gasteiger partial charge on any atom is -0.354 e. The lowest BCUT2D eigenvalue weighted by Gasteiger charge is -2.30. The summed E-state index contributed by atoms with van der Waals surface area (Å²) >= 11 is 0. The number of rotatable bonds is 4. The molecule has 0 spiro atoms. The van der Waals surface area contributed by atoms with Crippen LogP contribution in [0.25, 0.3) is 0 Å². The van der Waals surface area contributed by atoms with Crippen molar-refractivity contribution in [3.63, 3.8) is 0 Å². The minimum atomic E-state index is -0.710. The lowest BCUT2D eigenvalue weighted by Crippen LogP contribution is -2.52. The molecule has 0 aromatic rings. The van der Waals surface area contributed by atoms with Crippen LogP contribution in [0.4, 0.5) is 0 Å². The second kappa shape index (κ2) is 5.67. The highest BCUT2D eigenvalue weighted by Gasteiger charge is 2.27. The van der Waals surface area contributed by atoms with Crippen LogP contribution in [-0.2, 0) is 4.79 Å². The summed E-state index contributed by atoms with van der Waals surface area (Å²) in [5.41, 5.74) is 5.19. The zero-order valence-corrected chi connectivity index (χ0v) is 10.9. The number of carbonyl (C=O) groups excluding carboxylic acids is 1. The van der Waals surface area contributed by atoms with Gasteiger partial charge in [-0.15, -0.1) is 0 Å². The molecule has 1 saturated carbocycles. The molecule has 1 rings (SSSR count). The average Bonchev–Trinajstić information content (AvgIpc) is 2.27. The van der Waals surface area contributed by atoms with Crippen molar-refractivity contribution in [3.8, 4) is 0 Å². The van der Waals surface area contributed by atoms with E-state index in [1.165, 1.54) is 25.7 Å². The summed E-state index contributed by atoms with van der Waals surface area (Å²) in [4.78, 5) is 11.8. The van der Waals surface area contributed by atoms with E-state index in [1.807, 2.05) is 6.92 Å². The van der Waals surface area contributed by atoms with Gasteiger partial charge < -0.3 is 11.1 Å². The highest BCUT2D eigenvalue weighted by molar-refractivity contribution is 5.85. The molecule has 3 N–H and O–H groups in total. The molecule has 0 aromatic heterocycles. The summed E-state index contributed by atoms with van der Waals surface area (Å²) in [6.45, 7) is 6.83. The van der Waals surface area contributed by atoms with Crippen molar-refractivity contribution in [1.82, 2.24) is 5.32 Å². The standard InChI is InChI=1S/C13H26N2O/c1-4-13(3,14)12(16)15-9-11-8-6-5-7-10(11)2/h10-11H,4-9,14H2,1-3H3,(H,15,16). The number of amides is 1. The molecule has 1 aliphatic carbocycles. The fraction of sp³-hybridized carbons (Fsp3) is 0.923. The number of nitrogens with two attached hydrogens (primary N) is 1. The van der Waals surface area contributed by atoms with Gasteiger partial charge >= 0.3 is 0 Å². The monoisotopic (exact) mass is 226 g/mol. The molecule has 3 unspecified atom stereocenters. The molecular weight excluding hydrogens is 200 g/mol. The summed E-state index contributed by atoms with van der Waals surface area (Å²) in [6, 6.07) is 0. The molecule has 94 valence electrons. The molecule has 0 aromatic carbocycles. The summed E-state index contributed by atoms with van der Waals surface area (Å²) in [6.07, 6.45) is 5.87.